The van der Waals surface area contributed by atoms with Gasteiger partial charge in [0.2, 0.25) is 5.69 Å². The molecule has 1 aliphatic heterocycles. The van der Waals surface area contributed by atoms with Crippen LogP contribution in [0.25, 0.3) is 0 Å². The van der Waals surface area contributed by atoms with Crippen LogP contribution in [-0.2, 0) is 20.3 Å². The maximum atomic E-state index is 11.3. The summed E-state index contributed by atoms with van der Waals surface area (Å²) in [6, 6.07) is 4.52. The molecule has 1 radical (unpaired) electrons. The molecule has 8 heteroatoms. The first kappa shape index (κ1) is 22.9. The van der Waals surface area contributed by atoms with E-state index in [2.05, 4.69) is 4.58 Å². The van der Waals surface area contributed by atoms with Crippen LogP contribution in [0.4, 0.5) is 5.69 Å². The molecule has 133 valence electrons. The molecule has 0 saturated heterocycles. The Morgan fingerprint density at radius 2 is 1.88 bits per heavy atom. The molecule has 1 aromatic rings. The number of carboxylic acids is 1. The van der Waals surface area contributed by atoms with Crippen molar-refractivity contribution in [1.29, 1.82) is 0 Å². The van der Waals surface area contributed by atoms with Gasteiger partial charge < -0.3 is 9.66 Å². The van der Waals surface area contributed by atoms with Gasteiger partial charge in [0.05, 0.1) is 10.3 Å². The van der Waals surface area contributed by atoms with E-state index in [-0.39, 0.29) is 68.1 Å². The zero-order chi connectivity index (χ0) is 18.1. The monoisotopic (exact) mass is 392 g/mol. The van der Waals surface area contributed by atoms with Crippen molar-refractivity contribution in [3.63, 3.8) is 0 Å². The van der Waals surface area contributed by atoms with Crippen LogP contribution in [0.15, 0.2) is 23.1 Å². The average molecular weight is 393 g/mol. The molecule has 0 aromatic heterocycles. The van der Waals surface area contributed by atoms with Gasteiger partial charge in [0.15, 0.2) is 5.71 Å². The normalized spacial score (nSPS) is 15.7. The second kappa shape index (κ2) is 8.73. The molecule has 1 heterocycles. The maximum absolute atomic E-state index is 11.3. The molecular weight excluding hydrogens is 369 g/mol. The zero-order valence-corrected chi connectivity index (χ0v) is 19.1. The van der Waals surface area contributed by atoms with E-state index in [0.29, 0.717) is 6.42 Å². The number of rotatable bonds is 7. The Morgan fingerprint density at radius 1 is 1.24 bits per heavy atom. The third kappa shape index (κ3) is 5.21. The van der Waals surface area contributed by atoms with Gasteiger partial charge in [-0.1, -0.05) is 0 Å². The van der Waals surface area contributed by atoms with Gasteiger partial charge in [-0.15, -0.1) is 0 Å². The van der Waals surface area contributed by atoms with Gasteiger partial charge in [-0.2, -0.15) is 4.58 Å². The van der Waals surface area contributed by atoms with Crippen LogP contribution in [0.1, 0.15) is 52.0 Å². The molecule has 2 rings (SSSR count). The smallest absolute Gasteiger partial charge is 0.303 e. The quantitative estimate of drug-likeness (QED) is 0.332. The molecule has 0 amide bonds. The van der Waals surface area contributed by atoms with E-state index in [1.807, 2.05) is 20.8 Å². The summed E-state index contributed by atoms with van der Waals surface area (Å²) in [5, 5.41) is 8.67. The van der Waals surface area contributed by atoms with Gasteiger partial charge in [0.1, 0.15) is 16.7 Å². The van der Waals surface area contributed by atoms with Crippen LogP contribution in [0, 0.1) is 0 Å². The summed E-state index contributed by atoms with van der Waals surface area (Å²) in [4.78, 5) is 10.3. The van der Waals surface area contributed by atoms with E-state index in [1.54, 1.807) is 6.07 Å². The van der Waals surface area contributed by atoms with Crippen LogP contribution < -0.4 is 0 Å². The first-order chi connectivity index (χ1) is 11.0. The Kier molecular flexibility index (Phi) is 8.01. The minimum Gasteiger partial charge on any atom is -0.744 e. The molecule has 6 nitrogen and oxygen atoms in total. The van der Waals surface area contributed by atoms with E-state index < -0.39 is 16.1 Å². The first-order valence-electron chi connectivity index (χ1n) is 7.99. The number of aliphatic carboxylic acids is 1. The predicted octanol–water partition coefficient (Wildman–Crippen LogP) is 2.25. The number of carboxylic acid groups (broad SMARTS) is 1. The third-order valence-corrected chi connectivity index (χ3v) is 5.63. The molecule has 1 aromatic carbocycles. The van der Waals surface area contributed by atoms with Gasteiger partial charge >= 0.3 is 5.97 Å². The van der Waals surface area contributed by atoms with Gasteiger partial charge in [-0.05, 0) is 38.8 Å². The van der Waals surface area contributed by atoms with Crippen LogP contribution in [0.5, 0.6) is 0 Å². The molecule has 25 heavy (non-hydrogen) atoms. The van der Waals surface area contributed by atoms with Crippen molar-refractivity contribution in [2.24, 2.45) is 0 Å². The van der Waals surface area contributed by atoms with Crippen LogP contribution in [0.3, 0.4) is 0 Å². The Morgan fingerprint density at radius 3 is 2.44 bits per heavy atom. The van der Waals surface area contributed by atoms with E-state index >= 15 is 0 Å². The predicted molar refractivity (Wildman–Crippen MR) is 94.8 cm³/mol. The molecule has 0 aliphatic carbocycles. The molecule has 0 bridgehead atoms. The molecular formula is C17H23KNO5S. The summed E-state index contributed by atoms with van der Waals surface area (Å²) >= 11 is 0. The molecule has 1 N–H and O–H groups in total. The third-order valence-electron chi connectivity index (χ3n) is 4.80. The Bertz CT molecular complexity index is 799. The van der Waals surface area contributed by atoms with Crippen molar-refractivity contribution < 1.29 is 27.4 Å². The number of hydrogen-bond donors (Lipinski definition) is 1. The van der Waals surface area contributed by atoms with Crippen molar-refractivity contribution >= 4 is 78.9 Å². The second-order valence-corrected chi connectivity index (χ2v) is 8.08. The molecule has 0 unspecified atom stereocenters. The molecule has 0 fully saturated rings. The van der Waals surface area contributed by atoms with Crippen LogP contribution in [0.2, 0.25) is 0 Å². The fraction of sp³-hybridized carbons (Fsp3) is 0.529. The summed E-state index contributed by atoms with van der Waals surface area (Å²) in [6.45, 7) is 6.76. The standard InChI is InChI=1S/C17H23NO5S.K/c1-12-17(2,3)14-11-13(24(21,22)23)8-9-15(14)18(12)10-6-4-5-7-16(19)20;/h8-9,11H,4-7,10H2,1-3H3,(H-,19,20,21,22,23);. The number of unbranched alkanes of at least 4 members (excludes halogenated alkanes) is 2. The Balaban J connectivity index is 0.00000312. The van der Waals surface area contributed by atoms with E-state index in [0.717, 1.165) is 36.3 Å². The summed E-state index contributed by atoms with van der Waals surface area (Å²) in [5.41, 5.74) is 2.50. The SMILES string of the molecule is CC1=[N+](CCCCCC(=O)O)c2ccc(S(=O)(=O)[O-])cc2C1(C)C.[K]. The van der Waals surface area contributed by atoms with Crippen molar-refractivity contribution in [3.05, 3.63) is 23.8 Å². The van der Waals surface area contributed by atoms with Gasteiger partial charge in [0, 0.05) is 82.8 Å². The zero-order valence-electron chi connectivity index (χ0n) is 15.2. The van der Waals surface area contributed by atoms with E-state index in [4.69, 9.17) is 5.11 Å². The molecule has 0 spiro atoms. The van der Waals surface area contributed by atoms with Gasteiger partial charge in [-0.3, -0.25) is 4.79 Å². The summed E-state index contributed by atoms with van der Waals surface area (Å²) in [5.74, 6) is -0.781. The van der Waals surface area contributed by atoms with Crippen molar-refractivity contribution in [2.75, 3.05) is 6.54 Å². The van der Waals surface area contributed by atoms with E-state index in [9.17, 15) is 17.8 Å². The van der Waals surface area contributed by atoms with Crippen LogP contribution in [-0.4, -0.2) is 92.3 Å². The molecule has 1 aliphatic rings. The summed E-state index contributed by atoms with van der Waals surface area (Å²) in [7, 11) is -4.48. The van der Waals surface area contributed by atoms with Crippen LogP contribution >= 0.6 is 0 Å². The maximum Gasteiger partial charge on any atom is 0.303 e. The number of fused-ring (bicyclic) bond motifs is 1. The fourth-order valence-corrected chi connectivity index (χ4v) is 3.63. The van der Waals surface area contributed by atoms with Crippen molar-refractivity contribution in [2.45, 2.75) is 56.8 Å². The largest absolute Gasteiger partial charge is 0.744 e. The Labute approximate surface area is 191 Å². The van der Waals surface area contributed by atoms with E-state index in [1.165, 1.54) is 12.1 Å². The number of hydrogen-bond acceptors (Lipinski definition) is 4. The minimum absolute atomic E-state index is 0. The average Bonchev–Trinajstić information content (AvgIpc) is 2.66. The number of nitrogens with zero attached hydrogens (tertiary/aromatic N) is 1. The second-order valence-electron chi connectivity index (χ2n) is 6.70. The summed E-state index contributed by atoms with van der Waals surface area (Å²) in [6.07, 6.45) is 2.49. The number of benzene rings is 1. The van der Waals surface area contributed by atoms with Gasteiger partial charge in [0.25, 0.3) is 0 Å². The van der Waals surface area contributed by atoms with Crippen molar-refractivity contribution in [3.8, 4) is 0 Å². The number of carbonyl (C=O) groups is 1. The summed E-state index contributed by atoms with van der Waals surface area (Å²) < 4.78 is 36.0. The molecule has 0 atom stereocenters. The molecule has 0 saturated carbocycles. The Hall–Kier alpha value is -0.0936. The van der Waals surface area contributed by atoms with Gasteiger partial charge in [-0.25, -0.2) is 8.42 Å². The van der Waals surface area contributed by atoms with Crippen molar-refractivity contribution in [1.82, 2.24) is 0 Å². The first-order valence-corrected chi connectivity index (χ1v) is 9.40. The fourth-order valence-electron chi connectivity index (χ4n) is 3.13. The topological polar surface area (TPSA) is 97.5 Å². The minimum atomic E-state index is -4.48.